The van der Waals surface area contributed by atoms with Gasteiger partial charge in [0.25, 0.3) is 5.56 Å². The lowest BCUT2D eigenvalue weighted by atomic mass is 10.1. The molecule has 0 atom stereocenters. The Balaban J connectivity index is 2.53. The molecule has 1 aromatic heterocycles. The van der Waals surface area contributed by atoms with Crippen LogP contribution in [0.15, 0.2) is 35.1 Å². The van der Waals surface area contributed by atoms with Crippen molar-refractivity contribution in [2.45, 2.75) is 27.3 Å². The van der Waals surface area contributed by atoms with Crippen molar-refractivity contribution in [3.8, 4) is 0 Å². The van der Waals surface area contributed by atoms with Crippen molar-refractivity contribution >= 4 is 17.2 Å². The average molecular weight is 286 g/mol. The van der Waals surface area contributed by atoms with Gasteiger partial charge in [-0.3, -0.25) is 4.79 Å². The summed E-state index contributed by atoms with van der Waals surface area (Å²) in [6.45, 7) is 6.54. The molecule has 2 rings (SSSR count). The molecule has 0 amide bonds. The Kier molecular flexibility index (Phi) is 4.04. The number of rotatable bonds is 3. The molecule has 2 aromatic rings. The molecule has 4 heteroatoms. The Bertz CT molecular complexity index is 732. The minimum atomic E-state index is -0.126. The highest BCUT2D eigenvalue weighted by molar-refractivity contribution is 7.80. The van der Waals surface area contributed by atoms with E-state index >= 15 is 0 Å². The van der Waals surface area contributed by atoms with Gasteiger partial charge < -0.3 is 10.3 Å². The number of pyridine rings is 1. The highest BCUT2D eigenvalue weighted by atomic mass is 32.1. The molecule has 0 radical (unpaired) electrons. The van der Waals surface area contributed by atoms with Crippen molar-refractivity contribution in [3.05, 3.63) is 68.6 Å². The number of hydrogen-bond acceptors (Lipinski definition) is 2. The Hall–Kier alpha value is -1.94. The highest BCUT2D eigenvalue weighted by Gasteiger charge is 2.10. The van der Waals surface area contributed by atoms with Crippen molar-refractivity contribution in [3.63, 3.8) is 0 Å². The van der Waals surface area contributed by atoms with E-state index in [1.807, 2.05) is 26.8 Å². The molecule has 1 aromatic carbocycles. The average Bonchev–Trinajstić information content (AvgIpc) is 2.38. The maximum atomic E-state index is 12.4. The summed E-state index contributed by atoms with van der Waals surface area (Å²) in [6, 6.07) is 9.82. The third-order valence-corrected chi connectivity index (χ3v) is 3.71. The lowest BCUT2D eigenvalue weighted by Crippen LogP contribution is -2.30. The van der Waals surface area contributed by atoms with Gasteiger partial charge in [-0.25, -0.2) is 0 Å². The molecule has 0 aliphatic rings. The second-order valence-corrected chi connectivity index (χ2v) is 5.51. The SMILES string of the molecule is Cc1ccc(C)c(Cn2c(C)ccc(C(N)=S)c2=O)c1. The fraction of sp³-hybridized carbons (Fsp3) is 0.250. The largest absolute Gasteiger partial charge is 0.389 e. The summed E-state index contributed by atoms with van der Waals surface area (Å²) in [7, 11) is 0. The molecule has 3 nitrogen and oxygen atoms in total. The van der Waals surface area contributed by atoms with Crippen LogP contribution in [0.4, 0.5) is 0 Å². The second kappa shape index (κ2) is 5.59. The van der Waals surface area contributed by atoms with Crippen molar-refractivity contribution in [1.29, 1.82) is 0 Å². The molecule has 0 unspecified atom stereocenters. The van der Waals surface area contributed by atoms with Gasteiger partial charge >= 0.3 is 0 Å². The van der Waals surface area contributed by atoms with E-state index in [1.54, 1.807) is 10.6 Å². The van der Waals surface area contributed by atoms with Gasteiger partial charge in [-0.1, -0.05) is 36.0 Å². The summed E-state index contributed by atoms with van der Waals surface area (Å²) in [5.74, 6) is 0. The lowest BCUT2D eigenvalue weighted by molar-refractivity contribution is 0.724. The fourth-order valence-corrected chi connectivity index (χ4v) is 2.35. The Labute approximate surface area is 124 Å². The predicted molar refractivity (Wildman–Crippen MR) is 86.3 cm³/mol. The van der Waals surface area contributed by atoms with Crippen LogP contribution < -0.4 is 11.3 Å². The number of nitrogens with zero attached hydrogens (tertiary/aromatic N) is 1. The van der Waals surface area contributed by atoms with Crippen LogP contribution in [0.25, 0.3) is 0 Å². The standard InChI is InChI=1S/C16H18N2OS/c1-10-4-5-11(2)13(8-10)9-18-12(3)6-7-14(15(17)20)16(18)19/h4-8H,9H2,1-3H3,(H2,17,20). The molecule has 0 saturated carbocycles. The zero-order valence-electron chi connectivity index (χ0n) is 11.9. The van der Waals surface area contributed by atoms with E-state index in [9.17, 15) is 4.79 Å². The smallest absolute Gasteiger partial charge is 0.261 e. The lowest BCUT2D eigenvalue weighted by Gasteiger charge is -2.14. The highest BCUT2D eigenvalue weighted by Crippen LogP contribution is 2.13. The van der Waals surface area contributed by atoms with Crippen LogP contribution in [0.5, 0.6) is 0 Å². The van der Waals surface area contributed by atoms with Crippen molar-refractivity contribution in [1.82, 2.24) is 4.57 Å². The summed E-state index contributed by atoms with van der Waals surface area (Å²) < 4.78 is 1.72. The van der Waals surface area contributed by atoms with E-state index < -0.39 is 0 Å². The molecular weight excluding hydrogens is 268 g/mol. The second-order valence-electron chi connectivity index (χ2n) is 5.07. The van der Waals surface area contributed by atoms with E-state index in [4.69, 9.17) is 18.0 Å². The van der Waals surface area contributed by atoms with E-state index in [0.29, 0.717) is 12.1 Å². The topological polar surface area (TPSA) is 48.0 Å². The summed E-state index contributed by atoms with van der Waals surface area (Å²) in [5.41, 5.74) is 10.3. The maximum Gasteiger partial charge on any atom is 0.261 e. The first-order valence-corrected chi connectivity index (χ1v) is 6.87. The number of thiocarbonyl (C=S) groups is 1. The van der Waals surface area contributed by atoms with Crippen LogP contribution >= 0.6 is 12.2 Å². The van der Waals surface area contributed by atoms with E-state index in [2.05, 4.69) is 18.2 Å². The summed E-state index contributed by atoms with van der Waals surface area (Å²) in [4.78, 5) is 12.6. The zero-order chi connectivity index (χ0) is 14.9. The van der Waals surface area contributed by atoms with Crippen molar-refractivity contribution in [2.75, 3.05) is 0 Å². The van der Waals surface area contributed by atoms with Crippen molar-refractivity contribution < 1.29 is 0 Å². The van der Waals surface area contributed by atoms with Gasteiger partial charge in [0.05, 0.1) is 12.1 Å². The van der Waals surface area contributed by atoms with E-state index in [0.717, 1.165) is 11.3 Å². The molecule has 0 spiro atoms. The van der Waals surface area contributed by atoms with Gasteiger partial charge in [-0.15, -0.1) is 0 Å². The minimum absolute atomic E-state index is 0.126. The molecule has 0 aliphatic heterocycles. The maximum absolute atomic E-state index is 12.4. The summed E-state index contributed by atoms with van der Waals surface area (Å²) in [6.07, 6.45) is 0. The predicted octanol–water partition coefficient (Wildman–Crippen LogP) is 2.46. The summed E-state index contributed by atoms with van der Waals surface area (Å²) >= 11 is 4.93. The molecular formula is C16H18N2OS. The first kappa shape index (κ1) is 14.5. The van der Waals surface area contributed by atoms with Crippen LogP contribution in [0.2, 0.25) is 0 Å². The third kappa shape index (κ3) is 2.80. The number of benzene rings is 1. The number of aryl methyl sites for hydroxylation is 3. The van der Waals surface area contributed by atoms with Gasteiger partial charge in [-0.2, -0.15) is 0 Å². The Morgan fingerprint density at radius 1 is 1.20 bits per heavy atom. The number of nitrogens with two attached hydrogens (primary N) is 1. The Morgan fingerprint density at radius 2 is 1.90 bits per heavy atom. The molecule has 0 bridgehead atoms. The zero-order valence-corrected chi connectivity index (χ0v) is 12.8. The minimum Gasteiger partial charge on any atom is -0.389 e. The quantitative estimate of drug-likeness (QED) is 0.882. The van der Waals surface area contributed by atoms with E-state index in [1.165, 1.54) is 11.1 Å². The molecule has 2 N–H and O–H groups in total. The van der Waals surface area contributed by atoms with Crippen LogP contribution in [-0.2, 0) is 6.54 Å². The summed E-state index contributed by atoms with van der Waals surface area (Å²) in [5, 5.41) is 0. The number of aromatic nitrogens is 1. The first-order chi connectivity index (χ1) is 9.40. The van der Waals surface area contributed by atoms with Crippen LogP contribution in [0.3, 0.4) is 0 Å². The fourth-order valence-electron chi connectivity index (χ4n) is 2.20. The van der Waals surface area contributed by atoms with E-state index in [-0.39, 0.29) is 10.5 Å². The third-order valence-electron chi connectivity index (χ3n) is 3.49. The first-order valence-electron chi connectivity index (χ1n) is 6.46. The normalized spacial score (nSPS) is 10.6. The van der Waals surface area contributed by atoms with Gasteiger partial charge in [-0.05, 0) is 44.0 Å². The molecule has 0 fully saturated rings. The van der Waals surface area contributed by atoms with Crippen LogP contribution in [0.1, 0.15) is 27.9 Å². The van der Waals surface area contributed by atoms with Gasteiger partial charge in [0.2, 0.25) is 0 Å². The van der Waals surface area contributed by atoms with Crippen LogP contribution in [-0.4, -0.2) is 9.56 Å². The molecule has 104 valence electrons. The van der Waals surface area contributed by atoms with Crippen LogP contribution in [0, 0.1) is 20.8 Å². The molecule has 1 heterocycles. The molecule has 20 heavy (non-hydrogen) atoms. The van der Waals surface area contributed by atoms with Gasteiger partial charge in [0.15, 0.2) is 0 Å². The Morgan fingerprint density at radius 3 is 2.55 bits per heavy atom. The number of hydrogen-bond donors (Lipinski definition) is 1. The van der Waals surface area contributed by atoms with Gasteiger partial charge in [0, 0.05) is 5.69 Å². The molecule has 0 aliphatic carbocycles. The monoisotopic (exact) mass is 286 g/mol. The van der Waals surface area contributed by atoms with Crippen molar-refractivity contribution in [2.24, 2.45) is 5.73 Å². The molecule has 0 saturated heterocycles. The van der Waals surface area contributed by atoms with Gasteiger partial charge in [0.1, 0.15) is 4.99 Å².